The summed E-state index contributed by atoms with van der Waals surface area (Å²) in [5, 5.41) is 0. The van der Waals surface area contributed by atoms with E-state index in [-0.39, 0.29) is 24.8 Å². The maximum Gasteiger partial charge on any atom is 0.307 e. The lowest BCUT2D eigenvalue weighted by Crippen LogP contribution is -2.17. The normalized spacial score (nSPS) is 11.3. The van der Waals surface area contributed by atoms with Crippen LogP contribution < -0.4 is 10.5 Å². The van der Waals surface area contributed by atoms with Gasteiger partial charge in [-0.15, -0.1) is 19.0 Å². The van der Waals surface area contributed by atoms with E-state index in [4.69, 9.17) is 15.2 Å². The molecule has 0 spiro atoms. The molecule has 2 aromatic carbocycles. The second-order valence-corrected chi connectivity index (χ2v) is 6.98. The van der Waals surface area contributed by atoms with Gasteiger partial charge in [0.2, 0.25) is 0 Å². The Morgan fingerprint density at radius 3 is 2.69 bits per heavy atom. The van der Waals surface area contributed by atoms with Crippen molar-refractivity contribution in [1.82, 2.24) is 0 Å². The maximum absolute atomic E-state index is 11.8. The number of benzene rings is 2. The Kier molecular flexibility index (Phi) is 10.5. The lowest BCUT2D eigenvalue weighted by Gasteiger charge is -2.18. The van der Waals surface area contributed by atoms with Crippen molar-refractivity contribution >= 4 is 18.4 Å². The van der Waals surface area contributed by atoms with Crippen molar-refractivity contribution < 1.29 is 14.3 Å². The van der Waals surface area contributed by atoms with E-state index in [2.05, 4.69) is 31.7 Å². The van der Waals surface area contributed by atoms with Crippen LogP contribution in [0.2, 0.25) is 0 Å². The molecule has 0 fully saturated rings. The minimum Gasteiger partial charge on any atom is -0.493 e. The molecule has 0 aliphatic heterocycles. The molecule has 0 aromatic heterocycles. The smallest absolute Gasteiger partial charge is 0.307 e. The summed E-state index contributed by atoms with van der Waals surface area (Å²) in [6.07, 6.45) is 3.92. The summed E-state index contributed by atoms with van der Waals surface area (Å²) in [5.74, 6) is 0.583. The first-order chi connectivity index (χ1) is 13.5. The average molecular weight is 418 g/mol. The van der Waals surface area contributed by atoms with Crippen LogP contribution in [0, 0.1) is 13.8 Å². The Labute approximate surface area is 180 Å². The zero-order valence-corrected chi connectivity index (χ0v) is 18.4. The van der Waals surface area contributed by atoms with Crippen molar-refractivity contribution in [1.29, 1.82) is 0 Å². The molecular formula is C24H32ClNO3. The Morgan fingerprint density at radius 1 is 1.24 bits per heavy atom. The third kappa shape index (κ3) is 7.22. The molecule has 158 valence electrons. The van der Waals surface area contributed by atoms with Crippen LogP contribution >= 0.6 is 12.4 Å². The number of halogens is 1. The Balaban J connectivity index is 0.00000420. The molecule has 2 aromatic rings. The van der Waals surface area contributed by atoms with Gasteiger partial charge < -0.3 is 15.2 Å². The van der Waals surface area contributed by atoms with Gasteiger partial charge in [0.15, 0.2) is 0 Å². The van der Waals surface area contributed by atoms with Gasteiger partial charge >= 0.3 is 5.97 Å². The molecule has 2 N–H and O–H groups in total. The van der Waals surface area contributed by atoms with Crippen LogP contribution in [0.4, 0.5) is 0 Å². The minimum absolute atomic E-state index is 0. The van der Waals surface area contributed by atoms with Crippen molar-refractivity contribution in [3.05, 3.63) is 65.7 Å². The van der Waals surface area contributed by atoms with Crippen LogP contribution in [0.25, 0.3) is 11.1 Å². The zero-order valence-electron chi connectivity index (χ0n) is 17.6. The predicted octanol–water partition coefficient (Wildman–Crippen LogP) is 5.69. The summed E-state index contributed by atoms with van der Waals surface area (Å²) in [4.78, 5) is 11.8. The minimum atomic E-state index is -0.404. The first kappa shape index (κ1) is 24.7. The molecule has 5 heteroatoms. The third-order valence-corrected chi connectivity index (χ3v) is 4.55. The lowest BCUT2D eigenvalue weighted by atomic mass is 9.93. The first-order valence-electron chi connectivity index (χ1n) is 9.82. The number of aryl methyl sites for hydroxylation is 2. The van der Waals surface area contributed by atoms with Gasteiger partial charge in [-0.2, -0.15) is 0 Å². The fraction of sp³-hybridized carbons (Fsp3) is 0.375. The number of carbonyl (C=O) groups excluding carboxylic acids is 1. The number of allylic oxidation sites excluding steroid dienone is 1. The van der Waals surface area contributed by atoms with E-state index in [9.17, 15) is 4.79 Å². The van der Waals surface area contributed by atoms with Crippen LogP contribution in [0.5, 0.6) is 5.75 Å². The van der Waals surface area contributed by atoms with E-state index in [0.717, 1.165) is 46.4 Å². The Hall–Kier alpha value is -2.30. The van der Waals surface area contributed by atoms with Gasteiger partial charge in [0.25, 0.3) is 0 Å². The fourth-order valence-corrected chi connectivity index (χ4v) is 3.23. The van der Waals surface area contributed by atoms with Gasteiger partial charge in [-0.1, -0.05) is 35.9 Å². The van der Waals surface area contributed by atoms with E-state index < -0.39 is 6.04 Å². The van der Waals surface area contributed by atoms with Gasteiger partial charge in [-0.05, 0) is 62.4 Å². The van der Waals surface area contributed by atoms with Crippen LogP contribution in [0.15, 0.2) is 49.1 Å². The molecule has 0 aliphatic carbocycles. The number of hydrogen-bond acceptors (Lipinski definition) is 4. The number of rotatable bonds is 10. The molecule has 0 radical (unpaired) electrons. The standard InChI is InChI=1S/C24H31NO3.ClH/c1-5-7-8-12-28-22-11-9-10-18(4)24(22)20-14-17(3)13-19(15-20)21(25)16-23(26)27-6-2;/h5,9-11,13-15,21H,1,6-8,12,16,25H2,2-4H3;1H/t21-;/m0./s1. The van der Waals surface area contributed by atoms with Crippen molar-refractivity contribution in [3.63, 3.8) is 0 Å². The second-order valence-electron chi connectivity index (χ2n) is 6.98. The topological polar surface area (TPSA) is 61.5 Å². The number of hydrogen-bond donors (Lipinski definition) is 1. The largest absolute Gasteiger partial charge is 0.493 e. The molecule has 2 rings (SSSR count). The number of esters is 1. The van der Waals surface area contributed by atoms with Crippen molar-refractivity contribution in [2.24, 2.45) is 5.73 Å². The van der Waals surface area contributed by atoms with Gasteiger partial charge in [0.1, 0.15) is 5.75 Å². The third-order valence-electron chi connectivity index (χ3n) is 4.55. The van der Waals surface area contributed by atoms with Crippen LogP contribution in [-0.2, 0) is 9.53 Å². The average Bonchev–Trinajstić information content (AvgIpc) is 2.65. The summed E-state index contributed by atoms with van der Waals surface area (Å²) < 4.78 is 11.1. The number of carbonyl (C=O) groups is 1. The maximum atomic E-state index is 11.8. The van der Waals surface area contributed by atoms with Crippen LogP contribution in [0.3, 0.4) is 0 Å². The van der Waals surface area contributed by atoms with Gasteiger partial charge in [0, 0.05) is 11.6 Å². The highest BCUT2D eigenvalue weighted by Crippen LogP contribution is 2.35. The Bertz CT molecular complexity index is 820. The zero-order chi connectivity index (χ0) is 20.5. The van der Waals surface area contributed by atoms with Crippen molar-refractivity contribution in [3.8, 4) is 16.9 Å². The fourth-order valence-electron chi connectivity index (χ4n) is 3.23. The quantitative estimate of drug-likeness (QED) is 0.306. The van der Waals surface area contributed by atoms with Gasteiger partial charge in [0.05, 0.1) is 19.6 Å². The van der Waals surface area contributed by atoms with E-state index in [0.29, 0.717) is 13.2 Å². The summed E-state index contributed by atoms with van der Waals surface area (Å²) in [6.45, 7) is 10.7. The van der Waals surface area contributed by atoms with E-state index in [1.807, 2.05) is 31.2 Å². The molecule has 0 bridgehead atoms. The SMILES string of the molecule is C=CCCCOc1cccc(C)c1-c1cc(C)cc([C@@H](N)CC(=O)OCC)c1.Cl. The summed E-state index contributed by atoms with van der Waals surface area (Å²) in [6, 6.07) is 11.9. The summed E-state index contributed by atoms with van der Waals surface area (Å²) >= 11 is 0. The number of nitrogens with two attached hydrogens (primary N) is 1. The van der Waals surface area contributed by atoms with E-state index in [1.54, 1.807) is 6.92 Å². The van der Waals surface area contributed by atoms with E-state index >= 15 is 0 Å². The highest BCUT2D eigenvalue weighted by molar-refractivity contribution is 5.85. The molecule has 29 heavy (non-hydrogen) atoms. The number of ether oxygens (including phenoxy) is 2. The molecule has 0 aliphatic rings. The van der Waals surface area contributed by atoms with Crippen molar-refractivity contribution in [2.75, 3.05) is 13.2 Å². The molecule has 0 amide bonds. The van der Waals surface area contributed by atoms with Crippen molar-refractivity contribution in [2.45, 2.75) is 46.1 Å². The molecular weight excluding hydrogens is 386 g/mol. The lowest BCUT2D eigenvalue weighted by molar-refractivity contribution is -0.143. The molecule has 1 atom stereocenters. The predicted molar refractivity (Wildman–Crippen MR) is 122 cm³/mol. The molecule has 0 unspecified atom stereocenters. The monoisotopic (exact) mass is 417 g/mol. The molecule has 0 saturated heterocycles. The van der Waals surface area contributed by atoms with Gasteiger partial charge in [-0.25, -0.2) is 0 Å². The molecule has 0 saturated carbocycles. The van der Waals surface area contributed by atoms with Crippen LogP contribution in [-0.4, -0.2) is 19.2 Å². The Morgan fingerprint density at radius 2 is 2.00 bits per heavy atom. The van der Waals surface area contributed by atoms with Gasteiger partial charge in [-0.3, -0.25) is 4.79 Å². The molecule has 4 nitrogen and oxygen atoms in total. The summed E-state index contributed by atoms with van der Waals surface area (Å²) in [5.41, 5.74) is 11.5. The highest BCUT2D eigenvalue weighted by Gasteiger charge is 2.16. The molecule has 0 heterocycles. The number of unbranched alkanes of at least 4 members (excludes halogenated alkanes) is 1. The second kappa shape index (κ2) is 12.3. The van der Waals surface area contributed by atoms with Crippen LogP contribution in [0.1, 0.15) is 48.9 Å². The summed E-state index contributed by atoms with van der Waals surface area (Å²) in [7, 11) is 0. The van der Waals surface area contributed by atoms with E-state index in [1.165, 1.54) is 0 Å². The first-order valence-corrected chi connectivity index (χ1v) is 9.82. The highest BCUT2D eigenvalue weighted by atomic mass is 35.5.